The van der Waals surface area contributed by atoms with Crippen LogP contribution >= 0.6 is 31.9 Å². The first-order valence-corrected chi connectivity index (χ1v) is 6.41. The van der Waals surface area contributed by atoms with Gasteiger partial charge in [-0.15, -0.1) is 0 Å². The normalized spacial score (nSPS) is 10.8. The third kappa shape index (κ3) is 2.25. The van der Waals surface area contributed by atoms with E-state index in [1.165, 1.54) is 12.2 Å². The highest BCUT2D eigenvalue weighted by molar-refractivity contribution is 9.13. The Labute approximate surface area is 115 Å². The molecule has 0 unspecified atom stereocenters. The quantitative estimate of drug-likeness (QED) is 0.834. The van der Waals surface area contributed by atoms with E-state index in [-0.39, 0.29) is 5.91 Å². The monoisotopic (exact) mass is 360 g/mol. The summed E-state index contributed by atoms with van der Waals surface area (Å²) in [6.45, 7) is 0. The van der Waals surface area contributed by atoms with Gasteiger partial charge in [-0.05, 0) is 44.0 Å². The number of fused-ring (bicyclic) bond motifs is 1. The first-order chi connectivity index (χ1) is 8.04. The van der Waals surface area contributed by atoms with Gasteiger partial charge >= 0.3 is 0 Å². The molecule has 6 heteroatoms. The number of halogens is 2. The smallest absolute Gasteiger partial charge is 0.279 e. The molecule has 1 amide bonds. The number of hydrogen-bond acceptors (Lipinski definition) is 2. The van der Waals surface area contributed by atoms with Crippen molar-refractivity contribution in [1.82, 2.24) is 10.0 Å². The van der Waals surface area contributed by atoms with Gasteiger partial charge in [-0.25, -0.2) is 5.06 Å². The second-order valence-electron chi connectivity index (χ2n) is 3.50. The molecule has 4 nitrogen and oxygen atoms in total. The fraction of sp³-hybridized carbons (Fsp3) is 0.182. The van der Waals surface area contributed by atoms with Gasteiger partial charge in [0, 0.05) is 33.1 Å². The van der Waals surface area contributed by atoms with E-state index in [9.17, 15) is 4.79 Å². The molecule has 1 heterocycles. The van der Waals surface area contributed by atoms with Crippen LogP contribution < -0.4 is 0 Å². The lowest BCUT2D eigenvalue weighted by Crippen LogP contribution is -2.25. The van der Waals surface area contributed by atoms with Gasteiger partial charge in [0.2, 0.25) is 0 Å². The Bertz CT molecular complexity index is 580. The maximum absolute atomic E-state index is 12.0. The van der Waals surface area contributed by atoms with E-state index in [4.69, 9.17) is 4.84 Å². The van der Waals surface area contributed by atoms with Gasteiger partial charge < -0.3 is 4.98 Å². The summed E-state index contributed by atoms with van der Waals surface area (Å²) in [4.78, 5) is 20.0. The summed E-state index contributed by atoms with van der Waals surface area (Å²) in [6, 6.07) is 3.82. The molecular weight excluding hydrogens is 352 g/mol. The van der Waals surface area contributed by atoms with Crippen molar-refractivity contribution in [3.05, 3.63) is 32.8 Å². The van der Waals surface area contributed by atoms with Gasteiger partial charge in [-0.3, -0.25) is 9.63 Å². The van der Waals surface area contributed by atoms with E-state index in [2.05, 4.69) is 36.8 Å². The molecule has 0 saturated carbocycles. The number of nitrogens with one attached hydrogen (secondary N) is 1. The van der Waals surface area contributed by atoms with E-state index in [1.807, 2.05) is 12.1 Å². The van der Waals surface area contributed by atoms with E-state index >= 15 is 0 Å². The van der Waals surface area contributed by atoms with Gasteiger partial charge in [-0.1, -0.05) is 0 Å². The van der Waals surface area contributed by atoms with Crippen molar-refractivity contribution >= 4 is 48.7 Å². The Hall–Kier alpha value is -0.850. The lowest BCUT2D eigenvalue weighted by molar-refractivity contribution is -0.0755. The molecule has 1 N–H and O–H groups in total. The first-order valence-electron chi connectivity index (χ1n) is 4.83. The van der Waals surface area contributed by atoms with Crippen molar-refractivity contribution in [3.8, 4) is 0 Å². The SMILES string of the molecule is CON(C)C(=O)c1c[nH]c2cc(Br)c(Br)cc12. The molecule has 0 saturated heterocycles. The van der Waals surface area contributed by atoms with Crippen molar-refractivity contribution in [2.45, 2.75) is 0 Å². The topological polar surface area (TPSA) is 45.3 Å². The van der Waals surface area contributed by atoms with Gasteiger partial charge in [-0.2, -0.15) is 0 Å². The van der Waals surface area contributed by atoms with Crippen molar-refractivity contribution in [3.63, 3.8) is 0 Å². The second-order valence-corrected chi connectivity index (χ2v) is 5.21. The molecule has 2 rings (SSSR count). The number of hydroxylamine groups is 2. The van der Waals surface area contributed by atoms with Crippen LogP contribution in [0.4, 0.5) is 0 Å². The number of rotatable bonds is 2. The molecular formula is C11H10Br2N2O2. The molecule has 2 aromatic rings. The van der Waals surface area contributed by atoms with Crippen LogP contribution in [0.2, 0.25) is 0 Å². The Kier molecular flexibility index (Phi) is 3.56. The van der Waals surface area contributed by atoms with E-state index in [1.54, 1.807) is 13.2 Å². The molecule has 0 aliphatic carbocycles. The number of hydrogen-bond donors (Lipinski definition) is 1. The number of H-pyrrole nitrogens is 1. The first kappa shape index (κ1) is 12.6. The van der Waals surface area contributed by atoms with Crippen LogP contribution in [0.5, 0.6) is 0 Å². The largest absolute Gasteiger partial charge is 0.360 e. The Morgan fingerprint density at radius 2 is 2.00 bits per heavy atom. The highest BCUT2D eigenvalue weighted by Gasteiger charge is 2.17. The average molecular weight is 362 g/mol. The molecule has 0 bridgehead atoms. The van der Waals surface area contributed by atoms with Gasteiger partial charge in [0.05, 0.1) is 12.7 Å². The second kappa shape index (κ2) is 4.80. The zero-order valence-electron chi connectivity index (χ0n) is 9.25. The number of benzene rings is 1. The van der Waals surface area contributed by atoms with Crippen molar-refractivity contribution < 1.29 is 9.63 Å². The van der Waals surface area contributed by atoms with Crippen molar-refractivity contribution in [2.75, 3.05) is 14.2 Å². The van der Waals surface area contributed by atoms with Crippen molar-refractivity contribution in [2.24, 2.45) is 0 Å². The van der Waals surface area contributed by atoms with Crippen LogP contribution in [0.3, 0.4) is 0 Å². The average Bonchev–Trinajstić information content (AvgIpc) is 2.70. The predicted molar refractivity (Wildman–Crippen MR) is 72.8 cm³/mol. The van der Waals surface area contributed by atoms with E-state index in [0.29, 0.717) is 5.56 Å². The minimum atomic E-state index is -0.187. The summed E-state index contributed by atoms with van der Waals surface area (Å²) in [5, 5.41) is 2.05. The molecule has 1 aromatic carbocycles. The number of carbonyl (C=O) groups is 1. The lowest BCUT2D eigenvalue weighted by Gasteiger charge is -2.12. The number of carbonyl (C=O) groups excluding carboxylic acids is 1. The fourth-order valence-corrected chi connectivity index (χ4v) is 2.23. The summed E-state index contributed by atoms with van der Waals surface area (Å²) in [6.07, 6.45) is 1.68. The van der Waals surface area contributed by atoms with Gasteiger partial charge in [0.15, 0.2) is 0 Å². The predicted octanol–water partition coefficient (Wildman–Crippen LogP) is 3.33. The third-order valence-corrected chi connectivity index (χ3v) is 4.36. The summed E-state index contributed by atoms with van der Waals surface area (Å²) in [5.74, 6) is -0.187. The maximum atomic E-state index is 12.0. The zero-order chi connectivity index (χ0) is 12.6. The highest BCUT2D eigenvalue weighted by atomic mass is 79.9. The molecule has 0 aliphatic rings. The minimum absolute atomic E-state index is 0.187. The number of nitrogens with zero attached hydrogens (tertiary/aromatic N) is 1. The highest BCUT2D eigenvalue weighted by Crippen LogP contribution is 2.30. The number of aromatic amines is 1. The molecule has 17 heavy (non-hydrogen) atoms. The molecule has 0 aliphatic heterocycles. The van der Waals surface area contributed by atoms with Crippen LogP contribution in [0.15, 0.2) is 27.3 Å². The van der Waals surface area contributed by atoms with Crippen LogP contribution in [0.1, 0.15) is 10.4 Å². The molecule has 0 spiro atoms. The summed E-state index contributed by atoms with van der Waals surface area (Å²) < 4.78 is 1.84. The molecule has 0 fully saturated rings. The third-order valence-electron chi connectivity index (χ3n) is 2.51. The molecule has 0 atom stereocenters. The fourth-order valence-electron chi connectivity index (χ4n) is 1.55. The lowest BCUT2D eigenvalue weighted by atomic mass is 10.1. The molecule has 90 valence electrons. The number of aromatic nitrogens is 1. The summed E-state index contributed by atoms with van der Waals surface area (Å²) >= 11 is 6.84. The maximum Gasteiger partial charge on any atom is 0.279 e. The minimum Gasteiger partial charge on any atom is -0.360 e. The van der Waals surface area contributed by atoms with E-state index < -0.39 is 0 Å². The van der Waals surface area contributed by atoms with Crippen LogP contribution in [-0.2, 0) is 4.84 Å². The van der Waals surface area contributed by atoms with Gasteiger partial charge in [0.25, 0.3) is 5.91 Å². The molecule has 1 aromatic heterocycles. The summed E-state index contributed by atoms with van der Waals surface area (Å²) in [5.41, 5.74) is 1.48. The van der Waals surface area contributed by atoms with Crippen LogP contribution in [0, 0.1) is 0 Å². The zero-order valence-corrected chi connectivity index (χ0v) is 12.4. The summed E-state index contributed by atoms with van der Waals surface area (Å²) in [7, 11) is 3.04. The van der Waals surface area contributed by atoms with Crippen LogP contribution in [-0.4, -0.2) is 30.1 Å². The Balaban J connectivity index is 2.56. The van der Waals surface area contributed by atoms with Crippen LogP contribution in [0.25, 0.3) is 10.9 Å². The van der Waals surface area contributed by atoms with Gasteiger partial charge in [0.1, 0.15) is 0 Å². The van der Waals surface area contributed by atoms with Crippen molar-refractivity contribution in [1.29, 1.82) is 0 Å². The van der Waals surface area contributed by atoms with E-state index in [0.717, 1.165) is 19.8 Å². The Morgan fingerprint density at radius 3 is 2.65 bits per heavy atom. The number of amides is 1. The molecule has 0 radical (unpaired) electrons. The Morgan fingerprint density at radius 1 is 1.35 bits per heavy atom. The standard InChI is InChI=1S/C11H10Br2N2O2/c1-15(17-2)11(16)7-5-14-10-4-9(13)8(12)3-6(7)10/h3-5,14H,1-2H3.